The average Bonchev–Trinajstić information content (AvgIpc) is 2.01. The van der Waals surface area contributed by atoms with Gasteiger partial charge in [0, 0.05) is 22.5 Å². The topological polar surface area (TPSA) is 43.1 Å². The highest BCUT2D eigenvalue weighted by atomic mass is 79.9. The van der Waals surface area contributed by atoms with E-state index in [9.17, 15) is 4.79 Å². The van der Waals surface area contributed by atoms with Gasteiger partial charge in [-0.1, -0.05) is 27.5 Å². The predicted molar refractivity (Wildman–Crippen MR) is 61.7 cm³/mol. The summed E-state index contributed by atoms with van der Waals surface area (Å²) in [5.41, 5.74) is 6.07. The number of rotatable bonds is 3. The first-order valence-electron chi connectivity index (χ1n) is 4.24. The molecule has 76 valence electrons. The number of nitrogens with two attached hydrogens (primary N) is 1. The quantitative estimate of drug-likeness (QED) is 0.862. The van der Waals surface area contributed by atoms with Crippen molar-refractivity contribution in [3.63, 3.8) is 0 Å². The van der Waals surface area contributed by atoms with E-state index in [0.29, 0.717) is 17.0 Å². The number of halogens is 2. The van der Waals surface area contributed by atoms with Gasteiger partial charge in [0.25, 0.3) is 0 Å². The van der Waals surface area contributed by atoms with E-state index in [1.165, 1.54) is 0 Å². The molecule has 0 bridgehead atoms. The maximum Gasteiger partial charge on any atom is 0.165 e. The molecule has 0 spiro atoms. The van der Waals surface area contributed by atoms with Gasteiger partial charge in [-0.15, -0.1) is 0 Å². The lowest BCUT2D eigenvalue weighted by Gasteiger charge is -2.06. The van der Waals surface area contributed by atoms with E-state index in [1.807, 2.05) is 0 Å². The summed E-state index contributed by atoms with van der Waals surface area (Å²) in [5, 5.41) is 0.463. The Hall–Kier alpha value is -0.380. The number of hydrogen-bond donors (Lipinski definition) is 1. The van der Waals surface area contributed by atoms with Crippen LogP contribution in [0.5, 0.6) is 0 Å². The largest absolute Gasteiger partial charge is 0.328 e. The van der Waals surface area contributed by atoms with Gasteiger partial charge in [0.2, 0.25) is 0 Å². The van der Waals surface area contributed by atoms with Crippen molar-refractivity contribution >= 4 is 33.3 Å². The fourth-order valence-electron chi connectivity index (χ4n) is 1.12. The molecule has 1 aromatic carbocycles. The second-order valence-corrected chi connectivity index (χ2v) is 4.55. The van der Waals surface area contributed by atoms with E-state index in [1.54, 1.807) is 25.1 Å². The normalized spacial score (nSPS) is 12.6. The van der Waals surface area contributed by atoms with Crippen LogP contribution >= 0.6 is 27.5 Å². The van der Waals surface area contributed by atoms with Crippen molar-refractivity contribution in [3.8, 4) is 0 Å². The van der Waals surface area contributed by atoms with Crippen molar-refractivity contribution in [2.45, 2.75) is 19.4 Å². The first kappa shape index (κ1) is 11.7. The molecule has 0 saturated carbocycles. The summed E-state index contributed by atoms with van der Waals surface area (Å²) in [7, 11) is 0. The van der Waals surface area contributed by atoms with Crippen molar-refractivity contribution in [3.05, 3.63) is 33.3 Å². The SMILES string of the molecule is CC(N)CC(=O)c1ccc(Br)cc1Cl. The highest BCUT2D eigenvalue weighted by Crippen LogP contribution is 2.22. The van der Waals surface area contributed by atoms with Gasteiger partial charge in [0.1, 0.15) is 0 Å². The van der Waals surface area contributed by atoms with Crippen molar-refractivity contribution in [2.75, 3.05) is 0 Å². The van der Waals surface area contributed by atoms with Gasteiger partial charge in [-0.05, 0) is 25.1 Å². The maximum atomic E-state index is 11.6. The summed E-state index contributed by atoms with van der Waals surface area (Å²) in [6, 6.07) is 5.06. The van der Waals surface area contributed by atoms with E-state index >= 15 is 0 Å². The molecule has 0 aromatic heterocycles. The van der Waals surface area contributed by atoms with Gasteiger partial charge >= 0.3 is 0 Å². The fourth-order valence-corrected chi connectivity index (χ4v) is 1.90. The molecular weight excluding hydrogens is 265 g/mol. The molecule has 0 heterocycles. The molecular formula is C10H11BrClNO. The highest BCUT2D eigenvalue weighted by Gasteiger charge is 2.11. The zero-order chi connectivity index (χ0) is 10.7. The van der Waals surface area contributed by atoms with Crippen LogP contribution in [0.3, 0.4) is 0 Å². The van der Waals surface area contributed by atoms with Gasteiger partial charge in [0.15, 0.2) is 5.78 Å². The molecule has 0 radical (unpaired) electrons. The molecule has 0 aliphatic heterocycles. The molecule has 0 saturated heterocycles. The Bertz CT molecular complexity index is 352. The summed E-state index contributed by atoms with van der Waals surface area (Å²) in [4.78, 5) is 11.6. The van der Waals surface area contributed by atoms with Crippen molar-refractivity contribution < 1.29 is 4.79 Å². The molecule has 0 fully saturated rings. The van der Waals surface area contributed by atoms with Crippen molar-refractivity contribution in [2.24, 2.45) is 5.73 Å². The molecule has 2 nitrogen and oxygen atoms in total. The van der Waals surface area contributed by atoms with Crippen LogP contribution in [0.2, 0.25) is 5.02 Å². The van der Waals surface area contributed by atoms with E-state index in [4.69, 9.17) is 17.3 Å². The van der Waals surface area contributed by atoms with Gasteiger partial charge < -0.3 is 5.73 Å². The molecule has 1 atom stereocenters. The summed E-state index contributed by atoms with van der Waals surface area (Å²) in [5.74, 6) is -0.0162. The lowest BCUT2D eigenvalue weighted by molar-refractivity contribution is 0.0977. The molecule has 0 aliphatic rings. The van der Waals surface area contributed by atoms with Gasteiger partial charge in [-0.2, -0.15) is 0 Å². The lowest BCUT2D eigenvalue weighted by atomic mass is 10.1. The Morgan fingerprint density at radius 3 is 2.79 bits per heavy atom. The summed E-state index contributed by atoms with van der Waals surface area (Å²) in [6.07, 6.45) is 0.321. The Morgan fingerprint density at radius 1 is 1.64 bits per heavy atom. The number of Topliss-reactive ketones (excluding diaryl/α,β-unsaturated/α-hetero) is 1. The molecule has 0 amide bonds. The molecule has 1 aromatic rings. The van der Waals surface area contributed by atoms with Crippen LogP contribution in [-0.4, -0.2) is 11.8 Å². The van der Waals surface area contributed by atoms with E-state index in [2.05, 4.69) is 15.9 Å². The van der Waals surface area contributed by atoms with Crippen LogP contribution in [0.25, 0.3) is 0 Å². The van der Waals surface area contributed by atoms with Crippen LogP contribution in [0.15, 0.2) is 22.7 Å². The minimum Gasteiger partial charge on any atom is -0.328 e. The van der Waals surface area contributed by atoms with Gasteiger partial charge in [-0.3, -0.25) is 4.79 Å². The van der Waals surface area contributed by atoms with E-state index in [0.717, 1.165) is 4.47 Å². The summed E-state index contributed by atoms with van der Waals surface area (Å²) in [6.45, 7) is 1.80. The number of ketones is 1. The predicted octanol–water partition coefficient (Wildman–Crippen LogP) is 3.02. The molecule has 2 N–H and O–H groups in total. The standard InChI is InChI=1S/C10H11BrClNO/c1-6(13)4-10(14)8-3-2-7(11)5-9(8)12/h2-3,5-6H,4,13H2,1H3. The minimum absolute atomic E-state index is 0.0162. The zero-order valence-corrected chi connectivity index (χ0v) is 10.1. The second kappa shape index (κ2) is 4.91. The Kier molecular flexibility index (Phi) is 4.11. The van der Waals surface area contributed by atoms with E-state index in [-0.39, 0.29) is 11.8 Å². The Morgan fingerprint density at radius 2 is 2.29 bits per heavy atom. The Balaban J connectivity index is 2.90. The van der Waals surface area contributed by atoms with Gasteiger partial charge in [-0.25, -0.2) is 0 Å². The van der Waals surface area contributed by atoms with Crippen LogP contribution in [0.4, 0.5) is 0 Å². The van der Waals surface area contributed by atoms with Crippen LogP contribution < -0.4 is 5.73 Å². The van der Waals surface area contributed by atoms with Crippen LogP contribution in [-0.2, 0) is 0 Å². The second-order valence-electron chi connectivity index (χ2n) is 3.23. The number of hydrogen-bond acceptors (Lipinski definition) is 2. The van der Waals surface area contributed by atoms with Crippen molar-refractivity contribution in [1.29, 1.82) is 0 Å². The monoisotopic (exact) mass is 275 g/mol. The molecule has 1 unspecified atom stereocenters. The zero-order valence-electron chi connectivity index (χ0n) is 7.76. The first-order chi connectivity index (χ1) is 6.50. The van der Waals surface area contributed by atoms with E-state index < -0.39 is 0 Å². The average molecular weight is 277 g/mol. The fraction of sp³-hybridized carbons (Fsp3) is 0.300. The smallest absolute Gasteiger partial charge is 0.165 e. The summed E-state index contributed by atoms with van der Waals surface area (Å²) >= 11 is 9.19. The van der Waals surface area contributed by atoms with Crippen LogP contribution in [0, 0.1) is 0 Å². The van der Waals surface area contributed by atoms with Gasteiger partial charge in [0.05, 0.1) is 5.02 Å². The number of carbonyl (C=O) groups excluding carboxylic acids is 1. The van der Waals surface area contributed by atoms with Crippen LogP contribution in [0.1, 0.15) is 23.7 Å². The molecule has 1 rings (SSSR count). The number of carbonyl (C=O) groups is 1. The minimum atomic E-state index is -0.137. The third kappa shape index (κ3) is 3.08. The molecule has 4 heteroatoms. The lowest BCUT2D eigenvalue weighted by Crippen LogP contribution is -2.19. The molecule has 14 heavy (non-hydrogen) atoms. The summed E-state index contributed by atoms with van der Waals surface area (Å²) < 4.78 is 0.861. The Labute approximate surface area is 96.6 Å². The third-order valence-electron chi connectivity index (χ3n) is 1.74. The maximum absolute atomic E-state index is 11.6. The first-order valence-corrected chi connectivity index (χ1v) is 5.41. The van der Waals surface area contributed by atoms with Crippen molar-refractivity contribution in [1.82, 2.24) is 0 Å². The highest BCUT2D eigenvalue weighted by molar-refractivity contribution is 9.10. The third-order valence-corrected chi connectivity index (χ3v) is 2.54. The molecule has 0 aliphatic carbocycles. The number of benzene rings is 1.